The minimum atomic E-state index is 0.134. The van der Waals surface area contributed by atoms with E-state index in [-0.39, 0.29) is 12.2 Å². The van der Waals surface area contributed by atoms with E-state index in [2.05, 4.69) is 10.3 Å². The summed E-state index contributed by atoms with van der Waals surface area (Å²) < 4.78 is 11.1. The van der Waals surface area contributed by atoms with Crippen molar-refractivity contribution >= 4 is 5.69 Å². The second kappa shape index (κ2) is 5.47. The number of hydrogen-bond donors (Lipinski definition) is 1. The van der Waals surface area contributed by atoms with Crippen LogP contribution in [0.5, 0.6) is 0 Å². The van der Waals surface area contributed by atoms with Gasteiger partial charge in [-0.2, -0.15) is 0 Å². The topological polar surface area (TPSA) is 43.4 Å². The van der Waals surface area contributed by atoms with Gasteiger partial charge in [-0.15, -0.1) is 0 Å². The van der Waals surface area contributed by atoms with Gasteiger partial charge in [0.1, 0.15) is 6.10 Å². The fourth-order valence-corrected chi connectivity index (χ4v) is 2.25. The SMILES string of the molecule is CCOC1CC(Nc2cccnc2C)C1OC. The zero-order chi connectivity index (χ0) is 12.3. The van der Waals surface area contributed by atoms with Gasteiger partial charge in [0.25, 0.3) is 0 Å². The van der Waals surface area contributed by atoms with Crippen LogP contribution < -0.4 is 5.32 Å². The molecule has 3 unspecified atom stereocenters. The van der Waals surface area contributed by atoms with Crippen LogP contribution in [0.25, 0.3) is 0 Å². The van der Waals surface area contributed by atoms with E-state index in [1.54, 1.807) is 13.3 Å². The Hall–Kier alpha value is -1.13. The van der Waals surface area contributed by atoms with E-state index in [1.165, 1.54) is 0 Å². The van der Waals surface area contributed by atoms with Gasteiger partial charge in [-0.3, -0.25) is 4.98 Å². The van der Waals surface area contributed by atoms with Crippen LogP contribution in [-0.4, -0.2) is 37.0 Å². The predicted octanol–water partition coefficient (Wildman–Crippen LogP) is 1.99. The highest BCUT2D eigenvalue weighted by molar-refractivity contribution is 5.48. The quantitative estimate of drug-likeness (QED) is 0.849. The van der Waals surface area contributed by atoms with Gasteiger partial charge < -0.3 is 14.8 Å². The summed E-state index contributed by atoms with van der Waals surface area (Å²) in [6, 6.07) is 4.30. The number of nitrogens with one attached hydrogen (secondary N) is 1. The molecule has 1 aliphatic carbocycles. The number of aryl methyl sites for hydroxylation is 1. The highest BCUT2D eigenvalue weighted by Gasteiger charge is 2.42. The molecule has 0 spiro atoms. The monoisotopic (exact) mass is 236 g/mol. The Morgan fingerprint density at radius 3 is 3.00 bits per heavy atom. The van der Waals surface area contributed by atoms with Crippen LogP contribution in [-0.2, 0) is 9.47 Å². The van der Waals surface area contributed by atoms with Crippen molar-refractivity contribution in [1.29, 1.82) is 0 Å². The van der Waals surface area contributed by atoms with E-state index in [1.807, 2.05) is 26.0 Å². The summed E-state index contributed by atoms with van der Waals surface area (Å²) in [5.41, 5.74) is 2.09. The summed E-state index contributed by atoms with van der Waals surface area (Å²) >= 11 is 0. The third-order valence-electron chi connectivity index (χ3n) is 3.25. The first-order valence-electron chi connectivity index (χ1n) is 6.08. The number of ether oxygens (including phenoxy) is 2. The smallest absolute Gasteiger partial charge is 0.103 e. The predicted molar refractivity (Wildman–Crippen MR) is 67.2 cm³/mol. The number of methoxy groups -OCH3 is 1. The second-order valence-corrected chi connectivity index (χ2v) is 4.32. The van der Waals surface area contributed by atoms with Gasteiger partial charge in [0.05, 0.1) is 23.5 Å². The van der Waals surface area contributed by atoms with Crippen LogP contribution in [0.3, 0.4) is 0 Å². The van der Waals surface area contributed by atoms with Crippen LogP contribution in [0.2, 0.25) is 0 Å². The molecule has 94 valence electrons. The van der Waals surface area contributed by atoms with Crippen LogP contribution in [0, 0.1) is 6.92 Å². The molecule has 0 saturated heterocycles. The van der Waals surface area contributed by atoms with Gasteiger partial charge in [-0.05, 0) is 32.4 Å². The molecule has 4 heteroatoms. The zero-order valence-electron chi connectivity index (χ0n) is 10.6. The third kappa shape index (κ3) is 2.58. The number of aromatic nitrogens is 1. The standard InChI is InChI=1S/C13H20N2O2/c1-4-17-12-8-11(13(12)16-3)15-10-6-5-7-14-9(10)2/h5-7,11-13,15H,4,8H2,1-3H3. The normalized spacial score (nSPS) is 27.6. The van der Waals surface area contributed by atoms with Crippen molar-refractivity contribution in [3.05, 3.63) is 24.0 Å². The molecule has 0 aliphatic heterocycles. The lowest BCUT2D eigenvalue weighted by atomic mass is 9.85. The molecule has 0 aromatic carbocycles. The Morgan fingerprint density at radius 1 is 1.53 bits per heavy atom. The van der Waals surface area contributed by atoms with Crippen molar-refractivity contribution < 1.29 is 9.47 Å². The zero-order valence-corrected chi connectivity index (χ0v) is 10.6. The molecule has 1 saturated carbocycles. The number of pyridine rings is 1. The molecule has 1 aromatic rings. The highest BCUT2D eigenvalue weighted by Crippen LogP contribution is 2.30. The van der Waals surface area contributed by atoms with Gasteiger partial charge in [-0.1, -0.05) is 0 Å². The Bertz CT molecular complexity index is 370. The first kappa shape index (κ1) is 12.3. The summed E-state index contributed by atoms with van der Waals surface area (Å²) in [6.45, 7) is 4.75. The Balaban J connectivity index is 1.95. The van der Waals surface area contributed by atoms with Gasteiger partial charge in [0, 0.05) is 19.9 Å². The van der Waals surface area contributed by atoms with Crippen molar-refractivity contribution in [3.63, 3.8) is 0 Å². The summed E-state index contributed by atoms with van der Waals surface area (Å²) in [5.74, 6) is 0. The van der Waals surface area contributed by atoms with E-state index >= 15 is 0 Å². The van der Waals surface area contributed by atoms with Crippen molar-refractivity contribution in [3.8, 4) is 0 Å². The van der Waals surface area contributed by atoms with Crippen LogP contribution >= 0.6 is 0 Å². The molecule has 1 N–H and O–H groups in total. The Labute approximate surface area is 102 Å². The first-order valence-corrected chi connectivity index (χ1v) is 6.08. The minimum absolute atomic E-state index is 0.134. The maximum atomic E-state index is 5.60. The van der Waals surface area contributed by atoms with Crippen LogP contribution in [0.1, 0.15) is 19.0 Å². The van der Waals surface area contributed by atoms with E-state index in [0.29, 0.717) is 6.04 Å². The maximum absolute atomic E-state index is 5.60. The summed E-state index contributed by atoms with van der Waals surface area (Å²) in [5, 5.41) is 3.47. The Morgan fingerprint density at radius 2 is 2.35 bits per heavy atom. The molecule has 17 heavy (non-hydrogen) atoms. The fraction of sp³-hybridized carbons (Fsp3) is 0.615. The van der Waals surface area contributed by atoms with E-state index < -0.39 is 0 Å². The van der Waals surface area contributed by atoms with Crippen LogP contribution in [0.4, 0.5) is 5.69 Å². The number of anilines is 1. The molecular weight excluding hydrogens is 216 g/mol. The highest BCUT2D eigenvalue weighted by atomic mass is 16.5. The largest absolute Gasteiger partial charge is 0.378 e. The molecule has 2 rings (SSSR count). The maximum Gasteiger partial charge on any atom is 0.103 e. The molecule has 1 fully saturated rings. The minimum Gasteiger partial charge on any atom is -0.378 e. The van der Waals surface area contributed by atoms with Crippen molar-refractivity contribution in [2.24, 2.45) is 0 Å². The lowest BCUT2D eigenvalue weighted by Crippen LogP contribution is -2.56. The summed E-state index contributed by atoms with van der Waals surface area (Å²) in [4.78, 5) is 4.26. The van der Waals surface area contributed by atoms with Crippen LogP contribution in [0.15, 0.2) is 18.3 Å². The van der Waals surface area contributed by atoms with Gasteiger partial charge >= 0.3 is 0 Å². The second-order valence-electron chi connectivity index (χ2n) is 4.32. The first-order chi connectivity index (χ1) is 8.26. The molecular formula is C13H20N2O2. The molecule has 0 bridgehead atoms. The van der Waals surface area contributed by atoms with Crippen molar-refractivity contribution in [2.75, 3.05) is 19.0 Å². The number of rotatable bonds is 5. The summed E-state index contributed by atoms with van der Waals surface area (Å²) in [6.07, 6.45) is 3.15. The third-order valence-corrected chi connectivity index (χ3v) is 3.25. The van der Waals surface area contributed by atoms with Gasteiger partial charge in [0.2, 0.25) is 0 Å². The van der Waals surface area contributed by atoms with E-state index in [9.17, 15) is 0 Å². The van der Waals surface area contributed by atoms with E-state index in [0.717, 1.165) is 24.4 Å². The van der Waals surface area contributed by atoms with Gasteiger partial charge in [-0.25, -0.2) is 0 Å². The van der Waals surface area contributed by atoms with E-state index in [4.69, 9.17) is 9.47 Å². The molecule has 1 aliphatic rings. The molecule has 4 nitrogen and oxygen atoms in total. The lowest BCUT2D eigenvalue weighted by Gasteiger charge is -2.43. The average molecular weight is 236 g/mol. The summed E-state index contributed by atoms with van der Waals surface area (Å²) in [7, 11) is 1.74. The number of nitrogens with zero attached hydrogens (tertiary/aromatic N) is 1. The van der Waals surface area contributed by atoms with Gasteiger partial charge in [0.15, 0.2) is 0 Å². The molecule has 3 atom stereocenters. The molecule has 0 radical (unpaired) electrons. The lowest BCUT2D eigenvalue weighted by molar-refractivity contribution is -0.118. The van der Waals surface area contributed by atoms with Crippen molar-refractivity contribution in [1.82, 2.24) is 4.98 Å². The molecule has 1 aromatic heterocycles. The molecule has 1 heterocycles. The number of hydrogen-bond acceptors (Lipinski definition) is 4. The Kier molecular flexibility index (Phi) is 3.97. The molecule has 0 amide bonds. The van der Waals surface area contributed by atoms with Crippen molar-refractivity contribution in [2.45, 2.75) is 38.5 Å². The average Bonchev–Trinajstić information content (AvgIpc) is 2.30. The fourth-order valence-electron chi connectivity index (χ4n) is 2.25.